The summed E-state index contributed by atoms with van der Waals surface area (Å²) in [5, 5.41) is 5.57. The molecule has 1 saturated heterocycles. The zero-order chi connectivity index (χ0) is 26.7. The van der Waals surface area contributed by atoms with Gasteiger partial charge in [-0.2, -0.15) is 0 Å². The molecule has 2 N–H and O–H groups in total. The number of amides is 5. The van der Waals surface area contributed by atoms with Gasteiger partial charge in [0.1, 0.15) is 12.1 Å². The van der Waals surface area contributed by atoms with E-state index >= 15 is 0 Å². The molecule has 0 aliphatic carbocycles. The van der Waals surface area contributed by atoms with Crippen LogP contribution in [0.1, 0.15) is 57.7 Å². The molecule has 1 atom stereocenters. The second-order valence-electron chi connectivity index (χ2n) is 10.5. The Kier molecular flexibility index (Phi) is 7.86. The number of hydrogen-bond donors (Lipinski definition) is 2. The summed E-state index contributed by atoms with van der Waals surface area (Å²) in [4.78, 5) is 54.2. The molecule has 36 heavy (non-hydrogen) atoms. The predicted molar refractivity (Wildman–Crippen MR) is 139 cm³/mol. The fraction of sp³-hybridized carbons (Fsp3) is 0.429. The normalized spacial score (nSPS) is 17.7. The molecule has 1 aliphatic rings. The van der Waals surface area contributed by atoms with Crippen molar-refractivity contribution in [3.05, 3.63) is 65.2 Å². The molecule has 8 heteroatoms. The van der Waals surface area contributed by atoms with E-state index in [-0.39, 0.29) is 17.9 Å². The van der Waals surface area contributed by atoms with E-state index in [1.807, 2.05) is 56.3 Å². The van der Waals surface area contributed by atoms with Crippen LogP contribution in [0.2, 0.25) is 0 Å². The maximum Gasteiger partial charge on any atom is 0.325 e. The standard InChI is InChI=1S/C28H36N4O4/c1-7-16-31(17-23(33)29-22-11-9-8-10-19(22)2)24(34)18-32-25(35)28(6,30-26(32)36)21-14-12-20(13-15-21)27(3,4)5/h8-15H,7,16-18H2,1-6H3,(H,29,33)(H,30,36). The van der Waals surface area contributed by atoms with Gasteiger partial charge in [0.15, 0.2) is 0 Å². The summed E-state index contributed by atoms with van der Waals surface area (Å²) in [6, 6.07) is 14.3. The molecule has 2 aromatic carbocycles. The third-order valence-electron chi connectivity index (χ3n) is 6.50. The van der Waals surface area contributed by atoms with Crippen molar-refractivity contribution in [2.45, 2.75) is 58.9 Å². The molecule has 8 nitrogen and oxygen atoms in total. The Morgan fingerprint density at radius 2 is 1.69 bits per heavy atom. The Balaban J connectivity index is 1.71. The lowest BCUT2D eigenvalue weighted by Gasteiger charge is -2.26. The highest BCUT2D eigenvalue weighted by atomic mass is 16.2. The number of hydrogen-bond acceptors (Lipinski definition) is 4. The van der Waals surface area contributed by atoms with E-state index in [1.165, 1.54) is 4.90 Å². The molecule has 0 aromatic heterocycles. The van der Waals surface area contributed by atoms with Crippen molar-refractivity contribution >= 4 is 29.4 Å². The van der Waals surface area contributed by atoms with Crippen LogP contribution in [-0.4, -0.2) is 53.2 Å². The molecular weight excluding hydrogens is 456 g/mol. The number of urea groups is 1. The van der Waals surface area contributed by atoms with Crippen molar-refractivity contribution in [1.29, 1.82) is 0 Å². The molecule has 0 bridgehead atoms. The number of carbonyl (C=O) groups excluding carboxylic acids is 4. The van der Waals surface area contributed by atoms with E-state index in [0.29, 0.717) is 24.2 Å². The van der Waals surface area contributed by atoms with E-state index in [4.69, 9.17) is 0 Å². The highest BCUT2D eigenvalue weighted by Gasteiger charge is 2.49. The number of rotatable bonds is 8. The van der Waals surface area contributed by atoms with Crippen molar-refractivity contribution in [3.63, 3.8) is 0 Å². The Morgan fingerprint density at radius 1 is 1.06 bits per heavy atom. The molecule has 3 rings (SSSR count). The molecular formula is C28H36N4O4. The average Bonchev–Trinajstić information content (AvgIpc) is 3.03. The zero-order valence-corrected chi connectivity index (χ0v) is 22.0. The highest BCUT2D eigenvalue weighted by molar-refractivity contribution is 6.09. The molecule has 5 amide bonds. The van der Waals surface area contributed by atoms with E-state index in [2.05, 4.69) is 31.4 Å². The lowest BCUT2D eigenvalue weighted by Crippen LogP contribution is -2.46. The summed E-state index contributed by atoms with van der Waals surface area (Å²) in [5.74, 6) is -1.30. The first-order valence-electron chi connectivity index (χ1n) is 12.2. The number of benzene rings is 2. The predicted octanol–water partition coefficient (Wildman–Crippen LogP) is 3.94. The van der Waals surface area contributed by atoms with Gasteiger partial charge in [-0.15, -0.1) is 0 Å². The van der Waals surface area contributed by atoms with Gasteiger partial charge in [-0.05, 0) is 48.4 Å². The number of carbonyl (C=O) groups is 4. The van der Waals surface area contributed by atoms with Crippen LogP contribution in [-0.2, 0) is 25.3 Å². The summed E-state index contributed by atoms with van der Waals surface area (Å²) in [6.45, 7) is 11.4. The summed E-state index contributed by atoms with van der Waals surface area (Å²) < 4.78 is 0. The fourth-order valence-electron chi connectivity index (χ4n) is 4.21. The maximum absolute atomic E-state index is 13.3. The Labute approximate surface area is 213 Å². The minimum absolute atomic E-state index is 0.0466. The largest absolute Gasteiger partial charge is 0.332 e. The van der Waals surface area contributed by atoms with E-state index in [9.17, 15) is 19.2 Å². The van der Waals surface area contributed by atoms with Gasteiger partial charge in [0, 0.05) is 12.2 Å². The molecule has 1 unspecified atom stereocenters. The Bertz CT molecular complexity index is 1150. The topological polar surface area (TPSA) is 98.8 Å². The van der Waals surface area contributed by atoms with Crippen LogP contribution in [0.15, 0.2) is 48.5 Å². The van der Waals surface area contributed by atoms with Crippen LogP contribution in [0.5, 0.6) is 0 Å². The van der Waals surface area contributed by atoms with Crippen molar-refractivity contribution in [2.75, 3.05) is 25.0 Å². The third kappa shape index (κ3) is 5.75. The molecule has 0 radical (unpaired) electrons. The summed E-state index contributed by atoms with van der Waals surface area (Å²) >= 11 is 0. The first kappa shape index (κ1) is 26.9. The number of para-hydroxylation sites is 1. The Morgan fingerprint density at radius 3 is 2.28 bits per heavy atom. The molecule has 1 aliphatic heterocycles. The number of imide groups is 1. The van der Waals surface area contributed by atoms with Gasteiger partial charge >= 0.3 is 6.03 Å². The van der Waals surface area contributed by atoms with Crippen molar-refractivity contribution in [3.8, 4) is 0 Å². The van der Waals surface area contributed by atoms with Crippen molar-refractivity contribution in [1.82, 2.24) is 15.1 Å². The molecule has 1 fully saturated rings. The van der Waals surface area contributed by atoms with Crippen LogP contribution >= 0.6 is 0 Å². The summed E-state index contributed by atoms with van der Waals surface area (Å²) in [6.07, 6.45) is 0.626. The van der Waals surface area contributed by atoms with E-state index in [0.717, 1.165) is 16.0 Å². The van der Waals surface area contributed by atoms with E-state index < -0.39 is 29.9 Å². The van der Waals surface area contributed by atoms with Gasteiger partial charge in [0.25, 0.3) is 5.91 Å². The van der Waals surface area contributed by atoms with Crippen LogP contribution in [0.4, 0.5) is 10.5 Å². The van der Waals surface area contributed by atoms with Gasteiger partial charge in [-0.3, -0.25) is 19.3 Å². The maximum atomic E-state index is 13.3. The highest BCUT2D eigenvalue weighted by Crippen LogP contribution is 2.31. The summed E-state index contributed by atoms with van der Waals surface area (Å²) in [5.41, 5.74) is 2.02. The van der Waals surface area contributed by atoms with Crippen molar-refractivity contribution in [2.24, 2.45) is 0 Å². The molecule has 1 heterocycles. The number of nitrogens with one attached hydrogen (secondary N) is 2. The van der Waals surface area contributed by atoms with Crippen molar-refractivity contribution < 1.29 is 19.2 Å². The Hall–Kier alpha value is -3.68. The first-order valence-corrected chi connectivity index (χ1v) is 12.2. The smallest absolute Gasteiger partial charge is 0.325 e. The van der Waals surface area contributed by atoms with Crippen LogP contribution < -0.4 is 10.6 Å². The van der Waals surface area contributed by atoms with Gasteiger partial charge in [-0.25, -0.2) is 4.79 Å². The van der Waals surface area contributed by atoms with Crippen LogP contribution in [0.3, 0.4) is 0 Å². The lowest BCUT2D eigenvalue weighted by molar-refractivity contribution is -0.140. The zero-order valence-electron chi connectivity index (χ0n) is 22.0. The second kappa shape index (κ2) is 10.5. The first-order chi connectivity index (χ1) is 16.9. The molecule has 2 aromatic rings. The van der Waals surface area contributed by atoms with Crippen LogP contribution in [0.25, 0.3) is 0 Å². The monoisotopic (exact) mass is 492 g/mol. The number of nitrogens with zero attached hydrogens (tertiary/aromatic N) is 2. The molecule has 0 saturated carbocycles. The van der Waals surface area contributed by atoms with E-state index in [1.54, 1.807) is 13.0 Å². The SMILES string of the molecule is CCCN(CC(=O)Nc1ccccc1C)C(=O)CN1C(=O)NC(C)(c2ccc(C(C)(C)C)cc2)C1=O. The minimum atomic E-state index is -1.27. The van der Waals surface area contributed by atoms with Gasteiger partial charge in [0.05, 0.1) is 6.54 Å². The van der Waals surface area contributed by atoms with Gasteiger partial charge in [0.2, 0.25) is 11.8 Å². The lowest BCUT2D eigenvalue weighted by atomic mass is 9.84. The average molecular weight is 493 g/mol. The van der Waals surface area contributed by atoms with Gasteiger partial charge in [-0.1, -0.05) is 70.2 Å². The van der Waals surface area contributed by atoms with Crippen LogP contribution in [0, 0.1) is 6.92 Å². The molecule has 0 spiro atoms. The summed E-state index contributed by atoms with van der Waals surface area (Å²) in [7, 11) is 0. The fourth-order valence-corrected chi connectivity index (χ4v) is 4.21. The quantitative estimate of drug-likeness (QED) is 0.546. The number of anilines is 1. The van der Waals surface area contributed by atoms with Gasteiger partial charge < -0.3 is 15.5 Å². The third-order valence-corrected chi connectivity index (χ3v) is 6.50. The minimum Gasteiger partial charge on any atom is -0.332 e. The molecule has 192 valence electrons. The number of aryl methyl sites for hydroxylation is 1. The second-order valence-corrected chi connectivity index (χ2v) is 10.5.